The van der Waals surface area contributed by atoms with E-state index in [1.165, 1.54) is 24.0 Å². The first-order valence-corrected chi connectivity index (χ1v) is 8.54. The van der Waals surface area contributed by atoms with Crippen molar-refractivity contribution in [2.45, 2.75) is 27.2 Å². The Kier molecular flexibility index (Phi) is 5.74. The number of carbonyl (C=O) groups excluding carboxylic acids is 1. The second-order valence-corrected chi connectivity index (χ2v) is 6.67. The zero-order valence-electron chi connectivity index (χ0n) is 13.6. The van der Waals surface area contributed by atoms with Crippen LogP contribution in [0.15, 0.2) is 24.3 Å². The fourth-order valence-electron chi connectivity index (χ4n) is 2.11. The van der Waals surface area contributed by atoms with Gasteiger partial charge in [-0.1, -0.05) is 19.1 Å². The monoisotopic (exact) mass is 348 g/mol. The summed E-state index contributed by atoms with van der Waals surface area (Å²) in [5, 5.41) is 7.46. The molecule has 0 aliphatic rings. The average molecular weight is 348 g/mol. The van der Waals surface area contributed by atoms with E-state index in [0.29, 0.717) is 15.7 Å². The van der Waals surface area contributed by atoms with Gasteiger partial charge in [-0.3, -0.25) is 0 Å². The lowest BCUT2D eigenvalue weighted by molar-refractivity contribution is 0.0602. The highest BCUT2D eigenvalue weighted by molar-refractivity contribution is 7.80. The van der Waals surface area contributed by atoms with Crippen LogP contribution in [0.25, 0.3) is 0 Å². The first kappa shape index (κ1) is 17.4. The molecule has 2 aromatic rings. The predicted octanol–water partition coefficient (Wildman–Crippen LogP) is 4.52. The van der Waals surface area contributed by atoms with Crippen LogP contribution in [0, 0.1) is 13.8 Å². The lowest BCUT2D eigenvalue weighted by Crippen LogP contribution is -2.20. The first-order valence-electron chi connectivity index (χ1n) is 7.31. The van der Waals surface area contributed by atoms with Gasteiger partial charge >= 0.3 is 5.97 Å². The number of thiophene rings is 1. The van der Waals surface area contributed by atoms with Crippen LogP contribution >= 0.6 is 23.6 Å². The molecule has 2 N–H and O–H groups in total. The molecule has 1 aromatic carbocycles. The molecule has 6 heteroatoms. The summed E-state index contributed by atoms with van der Waals surface area (Å²) in [6, 6.07) is 7.86. The Morgan fingerprint density at radius 1 is 1.30 bits per heavy atom. The highest BCUT2D eigenvalue weighted by Crippen LogP contribution is 2.29. The molecule has 2 rings (SSSR count). The van der Waals surface area contributed by atoms with Gasteiger partial charge in [-0.25, -0.2) is 4.79 Å². The van der Waals surface area contributed by atoms with E-state index < -0.39 is 0 Å². The van der Waals surface area contributed by atoms with Crippen LogP contribution in [-0.4, -0.2) is 18.2 Å². The maximum atomic E-state index is 11.9. The molecule has 0 unspecified atom stereocenters. The van der Waals surface area contributed by atoms with Crippen LogP contribution in [0.4, 0.5) is 10.7 Å². The molecule has 0 bridgehead atoms. The molecule has 0 saturated carbocycles. The number of benzene rings is 1. The Morgan fingerprint density at radius 3 is 2.70 bits per heavy atom. The zero-order valence-corrected chi connectivity index (χ0v) is 15.3. The molecule has 122 valence electrons. The van der Waals surface area contributed by atoms with Crippen molar-refractivity contribution in [3.63, 3.8) is 0 Å². The van der Waals surface area contributed by atoms with Crippen molar-refractivity contribution in [3.8, 4) is 0 Å². The van der Waals surface area contributed by atoms with Crippen molar-refractivity contribution < 1.29 is 9.53 Å². The molecule has 1 aromatic heterocycles. The second-order valence-electron chi connectivity index (χ2n) is 5.13. The molecular formula is C17H20N2O2S2. The van der Waals surface area contributed by atoms with Gasteiger partial charge in [-0.15, -0.1) is 11.3 Å². The maximum absolute atomic E-state index is 11.9. The second kappa shape index (κ2) is 7.57. The Morgan fingerprint density at radius 2 is 2.04 bits per heavy atom. The summed E-state index contributed by atoms with van der Waals surface area (Å²) in [5.74, 6) is -0.363. The van der Waals surface area contributed by atoms with Crippen molar-refractivity contribution in [1.29, 1.82) is 0 Å². The van der Waals surface area contributed by atoms with Gasteiger partial charge in [0.1, 0.15) is 5.00 Å². The molecule has 23 heavy (non-hydrogen) atoms. The largest absolute Gasteiger partial charge is 0.465 e. The fourth-order valence-corrected chi connectivity index (χ4v) is 3.38. The quantitative estimate of drug-likeness (QED) is 0.628. The molecule has 0 aliphatic heterocycles. The Balaban J connectivity index is 2.18. The van der Waals surface area contributed by atoms with Crippen molar-refractivity contribution in [1.82, 2.24) is 0 Å². The van der Waals surface area contributed by atoms with E-state index in [1.807, 2.05) is 32.0 Å². The minimum Gasteiger partial charge on any atom is -0.465 e. The number of esters is 1. The van der Waals surface area contributed by atoms with Crippen LogP contribution in [-0.2, 0) is 11.2 Å². The standard InChI is InChI=1S/C17H20N2O2S2/c1-5-12-9-13(16(20)21-4)15(23-12)19-17(22)18-14-8-6-7-10(2)11(14)3/h6-9H,5H2,1-4H3,(H2,18,19,22). The fraction of sp³-hybridized carbons (Fsp3) is 0.294. The van der Waals surface area contributed by atoms with Crippen molar-refractivity contribution >= 4 is 45.3 Å². The van der Waals surface area contributed by atoms with Gasteiger partial charge in [-0.2, -0.15) is 0 Å². The number of anilines is 2. The first-order chi connectivity index (χ1) is 11.0. The number of carbonyl (C=O) groups is 1. The summed E-state index contributed by atoms with van der Waals surface area (Å²) < 4.78 is 4.83. The van der Waals surface area contributed by atoms with Crippen LogP contribution in [0.1, 0.15) is 33.3 Å². The van der Waals surface area contributed by atoms with Crippen LogP contribution in [0.3, 0.4) is 0 Å². The van der Waals surface area contributed by atoms with E-state index in [0.717, 1.165) is 22.5 Å². The minimum absolute atomic E-state index is 0.363. The predicted molar refractivity (Wildman–Crippen MR) is 101 cm³/mol. The molecular weight excluding hydrogens is 328 g/mol. The molecule has 1 heterocycles. The summed E-state index contributed by atoms with van der Waals surface area (Å²) in [6.45, 7) is 6.14. The minimum atomic E-state index is -0.363. The number of nitrogens with one attached hydrogen (secondary N) is 2. The van der Waals surface area contributed by atoms with Crippen molar-refractivity contribution in [2.75, 3.05) is 17.7 Å². The number of aryl methyl sites for hydroxylation is 2. The Hall–Kier alpha value is -1.92. The van der Waals surface area contributed by atoms with Crippen LogP contribution < -0.4 is 10.6 Å². The third-order valence-corrected chi connectivity index (χ3v) is 5.02. The lowest BCUT2D eigenvalue weighted by Gasteiger charge is -2.13. The average Bonchev–Trinajstić information content (AvgIpc) is 2.94. The Bertz CT molecular complexity index is 738. The number of rotatable bonds is 4. The Labute approximate surface area is 145 Å². The molecule has 0 aliphatic carbocycles. The van der Waals surface area contributed by atoms with Gasteiger partial charge in [0.05, 0.1) is 12.7 Å². The summed E-state index contributed by atoms with van der Waals surface area (Å²) in [6.07, 6.45) is 0.855. The number of ether oxygens (including phenoxy) is 1. The third kappa shape index (κ3) is 4.09. The van der Waals surface area contributed by atoms with E-state index in [-0.39, 0.29) is 5.97 Å². The number of hydrogen-bond donors (Lipinski definition) is 2. The SMILES string of the molecule is CCc1cc(C(=O)OC)c(NC(=S)Nc2cccc(C)c2C)s1. The topological polar surface area (TPSA) is 50.4 Å². The molecule has 0 fully saturated rings. The smallest absolute Gasteiger partial charge is 0.340 e. The summed E-state index contributed by atoms with van der Waals surface area (Å²) in [4.78, 5) is 13.0. The van der Waals surface area contributed by atoms with E-state index in [2.05, 4.69) is 23.6 Å². The van der Waals surface area contributed by atoms with Gasteiger partial charge in [0.15, 0.2) is 5.11 Å². The van der Waals surface area contributed by atoms with Crippen molar-refractivity contribution in [3.05, 3.63) is 45.8 Å². The summed E-state index contributed by atoms with van der Waals surface area (Å²) in [5.41, 5.74) is 3.80. The molecule has 0 amide bonds. The third-order valence-electron chi connectivity index (χ3n) is 3.62. The van der Waals surface area contributed by atoms with Gasteiger partial charge in [0.2, 0.25) is 0 Å². The number of thiocarbonyl (C=S) groups is 1. The van der Waals surface area contributed by atoms with Crippen molar-refractivity contribution in [2.24, 2.45) is 0 Å². The van der Waals surface area contributed by atoms with E-state index in [4.69, 9.17) is 17.0 Å². The van der Waals surface area contributed by atoms with E-state index in [1.54, 1.807) is 0 Å². The van der Waals surface area contributed by atoms with E-state index in [9.17, 15) is 4.79 Å². The van der Waals surface area contributed by atoms with Crippen LogP contribution in [0.5, 0.6) is 0 Å². The van der Waals surface area contributed by atoms with Gasteiger partial charge in [-0.05, 0) is 55.7 Å². The van der Waals surface area contributed by atoms with Gasteiger partial charge < -0.3 is 15.4 Å². The highest BCUT2D eigenvalue weighted by Gasteiger charge is 2.17. The molecule has 0 saturated heterocycles. The maximum Gasteiger partial charge on any atom is 0.340 e. The molecule has 4 nitrogen and oxygen atoms in total. The van der Waals surface area contributed by atoms with Crippen LogP contribution in [0.2, 0.25) is 0 Å². The molecule has 0 atom stereocenters. The van der Waals surface area contributed by atoms with E-state index >= 15 is 0 Å². The lowest BCUT2D eigenvalue weighted by atomic mass is 10.1. The molecule has 0 spiro atoms. The highest BCUT2D eigenvalue weighted by atomic mass is 32.1. The zero-order chi connectivity index (χ0) is 17.0. The summed E-state index contributed by atoms with van der Waals surface area (Å²) in [7, 11) is 1.38. The number of hydrogen-bond acceptors (Lipinski definition) is 4. The van der Waals surface area contributed by atoms with Gasteiger partial charge in [0, 0.05) is 10.6 Å². The summed E-state index contributed by atoms with van der Waals surface area (Å²) >= 11 is 6.89. The molecule has 0 radical (unpaired) electrons. The number of methoxy groups -OCH3 is 1. The normalized spacial score (nSPS) is 10.3. The van der Waals surface area contributed by atoms with Gasteiger partial charge in [0.25, 0.3) is 0 Å².